The SMILES string of the molecule is COc1cc(OC)c2ccnc(NCC(=O)NCC(=O)O)c2c1. The fourth-order valence-corrected chi connectivity index (χ4v) is 2.05. The summed E-state index contributed by atoms with van der Waals surface area (Å²) in [7, 11) is 3.10. The Bertz CT molecular complexity index is 732. The molecule has 1 aromatic carbocycles. The minimum absolute atomic E-state index is 0.0983. The number of carboxylic acid groups (broad SMARTS) is 1. The first-order valence-electron chi connectivity index (χ1n) is 6.78. The van der Waals surface area contributed by atoms with E-state index >= 15 is 0 Å². The quantitative estimate of drug-likeness (QED) is 0.694. The number of benzene rings is 1. The number of rotatable bonds is 7. The van der Waals surface area contributed by atoms with Gasteiger partial charge < -0.3 is 25.2 Å². The van der Waals surface area contributed by atoms with Gasteiger partial charge >= 0.3 is 5.97 Å². The van der Waals surface area contributed by atoms with Gasteiger partial charge in [0.15, 0.2) is 0 Å². The van der Waals surface area contributed by atoms with Gasteiger partial charge in [0.1, 0.15) is 23.9 Å². The van der Waals surface area contributed by atoms with Crippen LogP contribution in [0.5, 0.6) is 11.5 Å². The van der Waals surface area contributed by atoms with Crippen molar-refractivity contribution < 1.29 is 24.2 Å². The van der Waals surface area contributed by atoms with Crippen LogP contribution < -0.4 is 20.1 Å². The van der Waals surface area contributed by atoms with Gasteiger partial charge in [-0.1, -0.05) is 0 Å². The highest BCUT2D eigenvalue weighted by Crippen LogP contribution is 2.33. The van der Waals surface area contributed by atoms with Crippen LogP contribution in [-0.4, -0.2) is 49.3 Å². The monoisotopic (exact) mass is 319 g/mol. The van der Waals surface area contributed by atoms with Crippen LogP contribution in [0.3, 0.4) is 0 Å². The molecule has 3 N–H and O–H groups in total. The lowest BCUT2D eigenvalue weighted by Gasteiger charge is -2.12. The lowest BCUT2D eigenvalue weighted by atomic mass is 10.1. The predicted molar refractivity (Wildman–Crippen MR) is 84.0 cm³/mol. The molecule has 1 aromatic heterocycles. The maximum Gasteiger partial charge on any atom is 0.322 e. The topological polar surface area (TPSA) is 110 Å². The van der Waals surface area contributed by atoms with Gasteiger partial charge in [-0.05, 0) is 12.1 Å². The Labute approximate surface area is 132 Å². The van der Waals surface area contributed by atoms with Gasteiger partial charge in [0, 0.05) is 23.0 Å². The van der Waals surface area contributed by atoms with E-state index < -0.39 is 18.4 Å². The number of nitrogens with zero attached hydrogens (tertiary/aromatic N) is 1. The van der Waals surface area contributed by atoms with Crippen molar-refractivity contribution in [1.82, 2.24) is 10.3 Å². The predicted octanol–water partition coefficient (Wildman–Crippen LogP) is 0.865. The van der Waals surface area contributed by atoms with Gasteiger partial charge in [-0.15, -0.1) is 0 Å². The molecule has 1 amide bonds. The van der Waals surface area contributed by atoms with Gasteiger partial charge in [0.25, 0.3) is 0 Å². The van der Waals surface area contributed by atoms with Gasteiger partial charge in [-0.3, -0.25) is 9.59 Å². The molecule has 122 valence electrons. The van der Waals surface area contributed by atoms with Gasteiger partial charge in [0.2, 0.25) is 5.91 Å². The number of pyridine rings is 1. The second kappa shape index (κ2) is 7.30. The number of aromatic nitrogens is 1. The number of carbonyl (C=O) groups is 2. The molecule has 0 radical (unpaired) electrons. The number of anilines is 1. The minimum Gasteiger partial charge on any atom is -0.497 e. The van der Waals surface area contributed by atoms with Crippen molar-refractivity contribution in [2.75, 3.05) is 32.6 Å². The summed E-state index contributed by atoms with van der Waals surface area (Å²) in [5.74, 6) is 0.156. The van der Waals surface area contributed by atoms with E-state index in [1.54, 1.807) is 38.6 Å². The number of methoxy groups -OCH3 is 2. The molecule has 0 spiro atoms. The number of hydrogen-bond acceptors (Lipinski definition) is 6. The van der Waals surface area contributed by atoms with Crippen LogP contribution in [0, 0.1) is 0 Å². The van der Waals surface area contributed by atoms with Crippen molar-refractivity contribution >= 4 is 28.5 Å². The molecule has 1 heterocycles. The third-order valence-electron chi connectivity index (χ3n) is 3.12. The molecule has 0 unspecified atom stereocenters. The largest absolute Gasteiger partial charge is 0.497 e. The fourth-order valence-electron chi connectivity index (χ4n) is 2.05. The maximum absolute atomic E-state index is 11.6. The molecule has 2 rings (SSSR count). The first kappa shape index (κ1) is 16.3. The van der Waals surface area contributed by atoms with E-state index in [9.17, 15) is 9.59 Å². The summed E-state index contributed by atoms with van der Waals surface area (Å²) in [5.41, 5.74) is 0. The molecule has 0 bridgehead atoms. The molecule has 2 aromatic rings. The van der Waals surface area contributed by atoms with Crippen molar-refractivity contribution in [3.05, 3.63) is 24.4 Å². The number of aliphatic carboxylic acids is 1. The zero-order chi connectivity index (χ0) is 16.8. The number of fused-ring (bicyclic) bond motifs is 1. The molecule has 0 saturated carbocycles. The summed E-state index contributed by atoms with van der Waals surface area (Å²) in [5, 5.41) is 15.2. The van der Waals surface area contributed by atoms with E-state index in [2.05, 4.69) is 15.6 Å². The van der Waals surface area contributed by atoms with Crippen molar-refractivity contribution in [1.29, 1.82) is 0 Å². The van der Waals surface area contributed by atoms with Crippen LogP contribution >= 0.6 is 0 Å². The molecule has 0 aliphatic carbocycles. The van der Waals surface area contributed by atoms with Gasteiger partial charge in [-0.25, -0.2) is 4.98 Å². The maximum atomic E-state index is 11.6. The van der Waals surface area contributed by atoms with E-state index in [1.165, 1.54) is 0 Å². The first-order valence-corrected chi connectivity index (χ1v) is 6.78. The average molecular weight is 319 g/mol. The Morgan fingerprint density at radius 3 is 2.61 bits per heavy atom. The summed E-state index contributed by atoms with van der Waals surface area (Å²) in [6, 6.07) is 5.33. The number of nitrogens with one attached hydrogen (secondary N) is 2. The Hall–Kier alpha value is -3.03. The number of ether oxygens (including phenoxy) is 2. The summed E-state index contributed by atoms with van der Waals surface area (Å²) < 4.78 is 10.6. The Balaban J connectivity index is 2.23. The second-order valence-corrected chi connectivity index (χ2v) is 4.61. The van der Waals surface area contributed by atoms with Crippen LogP contribution in [-0.2, 0) is 9.59 Å². The lowest BCUT2D eigenvalue weighted by molar-refractivity contribution is -0.137. The lowest BCUT2D eigenvalue weighted by Crippen LogP contribution is -2.34. The number of carbonyl (C=O) groups excluding carboxylic acids is 1. The fraction of sp³-hybridized carbons (Fsp3) is 0.267. The van der Waals surface area contributed by atoms with Gasteiger partial charge in [0.05, 0.1) is 20.8 Å². The second-order valence-electron chi connectivity index (χ2n) is 4.61. The summed E-state index contributed by atoms with van der Waals surface area (Å²) in [4.78, 5) is 26.2. The van der Waals surface area contributed by atoms with Crippen LogP contribution in [0.25, 0.3) is 10.8 Å². The number of amides is 1. The third-order valence-corrected chi connectivity index (χ3v) is 3.12. The summed E-state index contributed by atoms with van der Waals surface area (Å²) in [6.07, 6.45) is 1.59. The highest BCUT2D eigenvalue weighted by Gasteiger charge is 2.11. The Kier molecular flexibility index (Phi) is 5.19. The zero-order valence-electron chi connectivity index (χ0n) is 12.8. The molecule has 0 aliphatic heterocycles. The van der Waals surface area contributed by atoms with E-state index in [0.717, 1.165) is 10.8 Å². The van der Waals surface area contributed by atoms with Crippen molar-refractivity contribution in [2.24, 2.45) is 0 Å². The molecular formula is C15H17N3O5. The number of hydrogen-bond donors (Lipinski definition) is 3. The highest BCUT2D eigenvalue weighted by atomic mass is 16.5. The summed E-state index contributed by atoms with van der Waals surface area (Å²) in [6.45, 7) is -0.524. The molecule has 0 fully saturated rings. The first-order chi connectivity index (χ1) is 11.0. The van der Waals surface area contributed by atoms with Crippen molar-refractivity contribution in [3.8, 4) is 11.5 Å². The molecule has 8 heteroatoms. The Morgan fingerprint density at radius 2 is 1.96 bits per heavy atom. The minimum atomic E-state index is -1.10. The van der Waals surface area contributed by atoms with E-state index in [1.807, 2.05) is 0 Å². The molecule has 0 saturated heterocycles. The summed E-state index contributed by atoms with van der Waals surface area (Å²) >= 11 is 0. The third kappa shape index (κ3) is 4.00. The Morgan fingerprint density at radius 1 is 1.17 bits per heavy atom. The standard InChI is InChI=1S/C15H17N3O5/c1-22-9-5-11-10(12(6-9)23-2)3-4-16-15(11)18-7-13(19)17-8-14(20)21/h3-6H,7-8H2,1-2H3,(H,16,18)(H,17,19)(H,20,21). The van der Waals surface area contributed by atoms with Gasteiger partial charge in [-0.2, -0.15) is 0 Å². The van der Waals surface area contributed by atoms with E-state index in [4.69, 9.17) is 14.6 Å². The van der Waals surface area contributed by atoms with Crippen LogP contribution in [0.15, 0.2) is 24.4 Å². The molecular weight excluding hydrogens is 302 g/mol. The molecule has 8 nitrogen and oxygen atoms in total. The van der Waals surface area contributed by atoms with Crippen molar-refractivity contribution in [3.63, 3.8) is 0 Å². The highest BCUT2D eigenvalue weighted by molar-refractivity contribution is 5.98. The van der Waals surface area contributed by atoms with Crippen LogP contribution in [0.4, 0.5) is 5.82 Å². The van der Waals surface area contributed by atoms with E-state index in [0.29, 0.717) is 17.3 Å². The van der Waals surface area contributed by atoms with Crippen LogP contribution in [0.1, 0.15) is 0 Å². The average Bonchev–Trinajstić information content (AvgIpc) is 2.56. The molecule has 0 aliphatic rings. The van der Waals surface area contributed by atoms with Crippen molar-refractivity contribution in [2.45, 2.75) is 0 Å². The molecule has 23 heavy (non-hydrogen) atoms. The molecule has 0 atom stereocenters. The smallest absolute Gasteiger partial charge is 0.322 e. The number of carboxylic acids is 1. The normalized spacial score (nSPS) is 10.2. The van der Waals surface area contributed by atoms with E-state index in [-0.39, 0.29) is 6.54 Å². The van der Waals surface area contributed by atoms with Crippen LogP contribution in [0.2, 0.25) is 0 Å². The zero-order valence-corrected chi connectivity index (χ0v) is 12.8.